The van der Waals surface area contributed by atoms with E-state index in [0.29, 0.717) is 6.42 Å². The predicted octanol–water partition coefficient (Wildman–Crippen LogP) is 2.47. The molecule has 0 radical (unpaired) electrons. The van der Waals surface area contributed by atoms with E-state index < -0.39 is 5.97 Å². The summed E-state index contributed by atoms with van der Waals surface area (Å²) in [6.45, 7) is 1.91. The van der Waals surface area contributed by atoms with Crippen molar-refractivity contribution in [3.63, 3.8) is 0 Å². The number of carboxylic acids is 1. The van der Waals surface area contributed by atoms with Crippen molar-refractivity contribution in [3.8, 4) is 6.07 Å². The third-order valence-corrected chi connectivity index (χ3v) is 2.19. The average Bonchev–Trinajstić information content (AvgIpc) is 2.15. The number of carboxylic acid groups (broad SMARTS) is 1. The second-order valence-electron chi connectivity index (χ2n) is 2.77. The van der Waals surface area contributed by atoms with Crippen LogP contribution < -0.4 is 0 Å². The monoisotopic (exact) mass is 209 g/mol. The predicted molar refractivity (Wildman–Crippen MR) is 52.5 cm³/mol. The molecule has 0 saturated heterocycles. The SMILES string of the molecule is CCc1cc(Cl)c(C(=O)O)c(C#N)c1. The molecular weight excluding hydrogens is 202 g/mol. The van der Waals surface area contributed by atoms with Crippen LogP contribution in [0.1, 0.15) is 28.4 Å². The van der Waals surface area contributed by atoms with Crippen LogP contribution in [-0.4, -0.2) is 11.1 Å². The average molecular weight is 210 g/mol. The van der Waals surface area contributed by atoms with Gasteiger partial charge in [-0.05, 0) is 24.1 Å². The Labute approximate surface area is 86.5 Å². The third-order valence-electron chi connectivity index (χ3n) is 1.89. The van der Waals surface area contributed by atoms with Gasteiger partial charge in [0.25, 0.3) is 0 Å². The fourth-order valence-electron chi connectivity index (χ4n) is 1.17. The van der Waals surface area contributed by atoms with Gasteiger partial charge in [-0.15, -0.1) is 0 Å². The lowest BCUT2D eigenvalue weighted by Crippen LogP contribution is -2.02. The number of carbonyl (C=O) groups is 1. The van der Waals surface area contributed by atoms with E-state index in [1.165, 1.54) is 0 Å². The van der Waals surface area contributed by atoms with Crippen LogP contribution in [0.15, 0.2) is 12.1 Å². The van der Waals surface area contributed by atoms with Crippen molar-refractivity contribution in [3.05, 3.63) is 33.8 Å². The highest BCUT2D eigenvalue weighted by atomic mass is 35.5. The summed E-state index contributed by atoms with van der Waals surface area (Å²) < 4.78 is 0. The number of nitriles is 1. The molecule has 0 spiro atoms. The molecule has 0 fully saturated rings. The highest BCUT2D eigenvalue weighted by Gasteiger charge is 2.15. The van der Waals surface area contributed by atoms with Crippen molar-refractivity contribution in [2.45, 2.75) is 13.3 Å². The van der Waals surface area contributed by atoms with E-state index in [4.69, 9.17) is 22.0 Å². The first kappa shape index (κ1) is 10.6. The summed E-state index contributed by atoms with van der Waals surface area (Å²) >= 11 is 5.76. The van der Waals surface area contributed by atoms with Crippen LogP contribution in [0.25, 0.3) is 0 Å². The van der Waals surface area contributed by atoms with Gasteiger partial charge < -0.3 is 5.11 Å². The van der Waals surface area contributed by atoms with E-state index >= 15 is 0 Å². The van der Waals surface area contributed by atoms with Crippen molar-refractivity contribution in [2.75, 3.05) is 0 Å². The van der Waals surface area contributed by atoms with E-state index in [1.807, 2.05) is 13.0 Å². The molecule has 4 heteroatoms. The lowest BCUT2D eigenvalue weighted by Gasteiger charge is -2.04. The Morgan fingerprint density at radius 3 is 2.71 bits per heavy atom. The molecule has 0 aliphatic rings. The van der Waals surface area contributed by atoms with Crippen molar-refractivity contribution < 1.29 is 9.90 Å². The maximum atomic E-state index is 10.8. The third kappa shape index (κ3) is 1.86. The normalized spacial score (nSPS) is 9.50. The largest absolute Gasteiger partial charge is 0.478 e. The molecule has 0 saturated carbocycles. The summed E-state index contributed by atoms with van der Waals surface area (Å²) in [4.78, 5) is 10.8. The number of aryl methyl sites for hydroxylation is 1. The Hall–Kier alpha value is -1.53. The molecule has 0 heterocycles. The molecule has 1 N–H and O–H groups in total. The molecule has 0 atom stereocenters. The van der Waals surface area contributed by atoms with Gasteiger partial charge >= 0.3 is 5.97 Å². The zero-order chi connectivity index (χ0) is 10.7. The molecule has 0 aliphatic heterocycles. The quantitative estimate of drug-likeness (QED) is 0.814. The molecule has 1 aromatic carbocycles. The van der Waals surface area contributed by atoms with Gasteiger partial charge in [-0.1, -0.05) is 18.5 Å². The van der Waals surface area contributed by atoms with Gasteiger partial charge in [-0.25, -0.2) is 4.79 Å². The van der Waals surface area contributed by atoms with Crippen molar-refractivity contribution >= 4 is 17.6 Å². The van der Waals surface area contributed by atoms with E-state index in [1.54, 1.807) is 12.1 Å². The minimum Gasteiger partial charge on any atom is -0.478 e. The van der Waals surface area contributed by atoms with Crippen molar-refractivity contribution in [2.24, 2.45) is 0 Å². The number of hydrogen-bond donors (Lipinski definition) is 1. The van der Waals surface area contributed by atoms with Crippen LogP contribution in [0, 0.1) is 11.3 Å². The second kappa shape index (κ2) is 4.12. The van der Waals surface area contributed by atoms with E-state index in [0.717, 1.165) is 5.56 Å². The maximum absolute atomic E-state index is 10.8. The van der Waals surface area contributed by atoms with Gasteiger partial charge in [0, 0.05) is 0 Å². The van der Waals surface area contributed by atoms with Crippen LogP contribution in [0.5, 0.6) is 0 Å². The minimum absolute atomic E-state index is 0.113. The summed E-state index contributed by atoms with van der Waals surface area (Å²) in [6.07, 6.45) is 0.717. The molecule has 0 amide bonds. The fourth-order valence-corrected chi connectivity index (χ4v) is 1.50. The zero-order valence-corrected chi connectivity index (χ0v) is 8.30. The standard InChI is InChI=1S/C10H8ClNO2/c1-2-6-3-7(5-12)9(10(13)14)8(11)4-6/h3-4H,2H2,1H3,(H,13,14). The summed E-state index contributed by atoms with van der Waals surface area (Å²) in [6, 6.07) is 4.95. The Morgan fingerprint density at radius 1 is 1.64 bits per heavy atom. The Kier molecular flexibility index (Phi) is 3.10. The van der Waals surface area contributed by atoms with Crippen LogP contribution in [0.2, 0.25) is 5.02 Å². The smallest absolute Gasteiger partial charge is 0.338 e. The van der Waals surface area contributed by atoms with Crippen LogP contribution >= 0.6 is 11.6 Å². The van der Waals surface area contributed by atoms with E-state index in [2.05, 4.69) is 0 Å². The molecule has 14 heavy (non-hydrogen) atoms. The number of rotatable bonds is 2. The van der Waals surface area contributed by atoms with Crippen LogP contribution in [-0.2, 0) is 6.42 Å². The lowest BCUT2D eigenvalue weighted by atomic mass is 10.0. The highest BCUT2D eigenvalue weighted by molar-refractivity contribution is 6.33. The zero-order valence-electron chi connectivity index (χ0n) is 7.54. The fraction of sp³-hybridized carbons (Fsp3) is 0.200. The van der Waals surface area contributed by atoms with Crippen molar-refractivity contribution in [1.82, 2.24) is 0 Å². The first-order valence-electron chi connectivity index (χ1n) is 4.06. The maximum Gasteiger partial charge on any atom is 0.338 e. The number of nitrogens with zero attached hydrogens (tertiary/aromatic N) is 1. The van der Waals surface area contributed by atoms with Gasteiger partial charge in [0.2, 0.25) is 0 Å². The first-order valence-corrected chi connectivity index (χ1v) is 4.43. The first-order chi connectivity index (χ1) is 6.60. The van der Waals surface area contributed by atoms with Crippen LogP contribution in [0.3, 0.4) is 0 Å². The summed E-state index contributed by atoms with van der Waals surface area (Å²) in [5, 5.41) is 17.7. The van der Waals surface area contributed by atoms with Gasteiger partial charge in [-0.2, -0.15) is 5.26 Å². The minimum atomic E-state index is -1.17. The number of halogens is 1. The topological polar surface area (TPSA) is 61.1 Å². The molecule has 0 unspecified atom stereocenters. The molecule has 1 aromatic rings. The molecule has 0 aliphatic carbocycles. The molecule has 0 aromatic heterocycles. The van der Waals surface area contributed by atoms with E-state index in [-0.39, 0.29) is 16.1 Å². The Balaban J connectivity index is 3.44. The second-order valence-corrected chi connectivity index (χ2v) is 3.18. The van der Waals surface area contributed by atoms with Gasteiger partial charge in [0.1, 0.15) is 6.07 Å². The van der Waals surface area contributed by atoms with Gasteiger partial charge in [0.15, 0.2) is 0 Å². The number of benzene rings is 1. The van der Waals surface area contributed by atoms with Gasteiger partial charge in [0.05, 0.1) is 16.1 Å². The molecular formula is C10H8ClNO2. The summed E-state index contributed by atoms with van der Waals surface area (Å²) in [5.41, 5.74) is 0.852. The molecule has 0 bridgehead atoms. The van der Waals surface area contributed by atoms with Crippen molar-refractivity contribution in [1.29, 1.82) is 5.26 Å². The van der Waals surface area contributed by atoms with Gasteiger partial charge in [-0.3, -0.25) is 0 Å². The molecule has 3 nitrogen and oxygen atoms in total. The molecule has 1 rings (SSSR count). The number of aromatic carboxylic acids is 1. The highest BCUT2D eigenvalue weighted by Crippen LogP contribution is 2.22. The summed E-state index contributed by atoms with van der Waals surface area (Å²) in [5.74, 6) is -1.17. The van der Waals surface area contributed by atoms with E-state index in [9.17, 15) is 4.79 Å². The Morgan fingerprint density at radius 2 is 2.29 bits per heavy atom. The summed E-state index contributed by atoms with van der Waals surface area (Å²) in [7, 11) is 0. The lowest BCUT2D eigenvalue weighted by molar-refractivity contribution is 0.0697. The number of hydrogen-bond acceptors (Lipinski definition) is 2. The van der Waals surface area contributed by atoms with Crippen LogP contribution in [0.4, 0.5) is 0 Å². The molecule has 72 valence electrons. The Bertz CT molecular complexity index is 421.